The lowest BCUT2D eigenvalue weighted by molar-refractivity contribution is -0.119. The molecule has 16 heavy (non-hydrogen) atoms. The molecule has 90 valence electrons. The highest BCUT2D eigenvalue weighted by molar-refractivity contribution is 6.33. The Morgan fingerprint density at radius 2 is 2.00 bits per heavy atom. The predicted octanol–water partition coefficient (Wildman–Crippen LogP) is 3.17. The van der Waals surface area contributed by atoms with E-state index in [2.05, 4.69) is 9.97 Å². The van der Waals surface area contributed by atoms with Crippen LogP contribution in [0.15, 0.2) is 6.20 Å². The zero-order valence-electron chi connectivity index (χ0n) is 8.22. The van der Waals surface area contributed by atoms with E-state index in [1.165, 1.54) is 6.20 Å². The van der Waals surface area contributed by atoms with Crippen molar-refractivity contribution in [2.24, 2.45) is 0 Å². The van der Waals surface area contributed by atoms with Gasteiger partial charge in [-0.25, -0.2) is 4.98 Å². The molecular weight excluding hydrogens is 266 g/mol. The third-order valence-corrected chi connectivity index (χ3v) is 2.20. The molecule has 0 amide bonds. The first kappa shape index (κ1) is 13.3. The molecule has 1 aromatic rings. The van der Waals surface area contributed by atoms with E-state index in [-0.39, 0.29) is 22.7 Å². The van der Waals surface area contributed by atoms with Gasteiger partial charge < -0.3 is 4.90 Å². The molecule has 0 radical (unpaired) electrons. The summed E-state index contributed by atoms with van der Waals surface area (Å²) in [6, 6.07) is 0. The maximum absolute atomic E-state index is 12.2. The standard InChI is InChI=1S/C8H8Cl2F3N3/c1-2-16(4-8(11,12)13)6-5(9)3-14-7(10)15-6/h3H,2,4H2,1H3. The molecule has 1 rings (SSSR count). The fourth-order valence-corrected chi connectivity index (χ4v) is 1.45. The summed E-state index contributed by atoms with van der Waals surface area (Å²) in [7, 11) is 0. The Kier molecular flexibility index (Phi) is 4.21. The first-order chi connectivity index (χ1) is 7.33. The molecule has 0 saturated heterocycles. The van der Waals surface area contributed by atoms with Crippen molar-refractivity contribution in [1.29, 1.82) is 0 Å². The van der Waals surface area contributed by atoms with Crippen LogP contribution in [-0.2, 0) is 0 Å². The summed E-state index contributed by atoms with van der Waals surface area (Å²) in [4.78, 5) is 8.23. The zero-order valence-corrected chi connectivity index (χ0v) is 9.73. The molecule has 0 unspecified atom stereocenters. The van der Waals surface area contributed by atoms with Gasteiger partial charge in [-0.2, -0.15) is 18.2 Å². The van der Waals surface area contributed by atoms with Crippen LogP contribution in [-0.4, -0.2) is 29.2 Å². The average molecular weight is 274 g/mol. The Bertz CT molecular complexity index is 370. The molecular formula is C8H8Cl2F3N3. The number of rotatable bonds is 3. The molecule has 0 N–H and O–H groups in total. The summed E-state index contributed by atoms with van der Waals surface area (Å²) >= 11 is 11.2. The van der Waals surface area contributed by atoms with E-state index in [9.17, 15) is 13.2 Å². The topological polar surface area (TPSA) is 29.0 Å². The second-order valence-corrected chi connectivity index (χ2v) is 3.69. The summed E-state index contributed by atoms with van der Waals surface area (Å²) in [5.41, 5.74) is 0. The van der Waals surface area contributed by atoms with E-state index in [4.69, 9.17) is 23.2 Å². The summed E-state index contributed by atoms with van der Waals surface area (Å²) in [6.07, 6.45) is -3.15. The highest BCUT2D eigenvalue weighted by Gasteiger charge is 2.31. The van der Waals surface area contributed by atoms with Gasteiger partial charge in [0.05, 0.1) is 6.20 Å². The number of hydrogen-bond donors (Lipinski definition) is 0. The highest BCUT2D eigenvalue weighted by atomic mass is 35.5. The molecule has 0 saturated carbocycles. The lowest BCUT2D eigenvalue weighted by Crippen LogP contribution is -2.34. The van der Waals surface area contributed by atoms with Crippen molar-refractivity contribution in [3.8, 4) is 0 Å². The zero-order chi connectivity index (χ0) is 12.3. The Hall–Kier alpha value is -0.750. The van der Waals surface area contributed by atoms with Gasteiger partial charge in [-0.1, -0.05) is 11.6 Å². The number of hydrogen-bond acceptors (Lipinski definition) is 3. The third-order valence-electron chi connectivity index (χ3n) is 1.75. The largest absolute Gasteiger partial charge is 0.405 e. The molecule has 0 bridgehead atoms. The highest BCUT2D eigenvalue weighted by Crippen LogP contribution is 2.26. The lowest BCUT2D eigenvalue weighted by Gasteiger charge is -2.23. The van der Waals surface area contributed by atoms with Gasteiger partial charge in [-0.3, -0.25) is 0 Å². The molecule has 1 heterocycles. The summed E-state index contributed by atoms with van der Waals surface area (Å²) in [5, 5.41) is -0.101. The average Bonchev–Trinajstić information content (AvgIpc) is 2.17. The van der Waals surface area contributed by atoms with Crippen molar-refractivity contribution in [3.05, 3.63) is 16.5 Å². The van der Waals surface area contributed by atoms with Crippen LogP contribution in [0.25, 0.3) is 0 Å². The minimum absolute atomic E-state index is 0.0125. The second-order valence-electron chi connectivity index (χ2n) is 2.94. The van der Waals surface area contributed by atoms with Crippen molar-refractivity contribution in [1.82, 2.24) is 9.97 Å². The van der Waals surface area contributed by atoms with Crippen LogP contribution >= 0.6 is 23.2 Å². The van der Waals surface area contributed by atoms with Crippen LogP contribution < -0.4 is 4.90 Å². The predicted molar refractivity (Wildman–Crippen MR) is 56.0 cm³/mol. The van der Waals surface area contributed by atoms with Crippen molar-refractivity contribution in [2.75, 3.05) is 18.0 Å². The number of aromatic nitrogens is 2. The Morgan fingerprint density at radius 3 is 2.50 bits per heavy atom. The van der Waals surface area contributed by atoms with E-state index >= 15 is 0 Å². The van der Waals surface area contributed by atoms with Gasteiger partial charge in [-0.05, 0) is 18.5 Å². The third kappa shape index (κ3) is 3.68. The summed E-state index contributed by atoms with van der Waals surface area (Å²) < 4.78 is 36.7. The molecule has 0 aliphatic rings. The molecule has 0 aliphatic heterocycles. The minimum atomic E-state index is -4.32. The molecule has 0 spiro atoms. The molecule has 0 fully saturated rings. The number of nitrogens with zero attached hydrogens (tertiary/aromatic N) is 3. The molecule has 8 heteroatoms. The molecule has 0 aromatic carbocycles. The maximum atomic E-state index is 12.2. The fraction of sp³-hybridized carbons (Fsp3) is 0.500. The number of alkyl halides is 3. The molecule has 0 atom stereocenters. The van der Waals surface area contributed by atoms with Crippen molar-refractivity contribution < 1.29 is 13.2 Å². The van der Waals surface area contributed by atoms with Gasteiger partial charge in [0, 0.05) is 6.54 Å². The maximum Gasteiger partial charge on any atom is 0.405 e. The number of anilines is 1. The Labute approximate surface area is 100 Å². The molecule has 0 aliphatic carbocycles. The van der Waals surface area contributed by atoms with Crippen LogP contribution in [0.5, 0.6) is 0 Å². The van der Waals surface area contributed by atoms with Crippen LogP contribution in [0.4, 0.5) is 19.0 Å². The van der Waals surface area contributed by atoms with E-state index in [0.29, 0.717) is 0 Å². The fourth-order valence-electron chi connectivity index (χ4n) is 1.11. The Morgan fingerprint density at radius 1 is 1.38 bits per heavy atom. The normalized spacial score (nSPS) is 11.6. The molecule has 1 aromatic heterocycles. The van der Waals surface area contributed by atoms with E-state index in [1.54, 1.807) is 6.92 Å². The van der Waals surface area contributed by atoms with Gasteiger partial charge in [0.2, 0.25) is 5.28 Å². The quantitative estimate of drug-likeness (QED) is 0.793. The van der Waals surface area contributed by atoms with Crippen LogP contribution in [0.2, 0.25) is 10.3 Å². The van der Waals surface area contributed by atoms with Crippen molar-refractivity contribution in [2.45, 2.75) is 13.1 Å². The van der Waals surface area contributed by atoms with Crippen LogP contribution in [0.1, 0.15) is 6.92 Å². The van der Waals surface area contributed by atoms with Crippen molar-refractivity contribution in [3.63, 3.8) is 0 Å². The smallest absolute Gasteiger partial charge is 0.346 e. The van der Waals surface area contributed by atoms with E-state index in [0.717, 1.165) is 4.90 Å². The lowest BCUT2D eigenvalue weighted by atomic mass is 10.4. The van der Waals surface area contributed by atoms with E-state index in [1.807, 2.05) is 0 Å². The van der Waals surface area contributed by atoms with Crippen LogP contribution in [0, 0.1) is 0 Å². The summed E-state index contributed by atoms with van der Waals surface area (Å²) in [6.45, 7) is 0.557. The first-order valence-corrected chi connectivity index (χ1v) is 5.09. The first-order valence-electron chi connectivity index (χ1n) is 4.33. The summed E-state index contributed by atoms with van der Waals surface area (Å²) in [5.74, 6) is -0.0125. The van der Waals surface area contributed by atoms with Gasteiger partial charge in [0.25, 0.3) is 0 Å². The van der Waals surface area contributed by atoms with Gasteiger partial charge in [-0.15, -0.1) is 0 Å². The van der Waals surface area contributed by atoms with Crippen LogP contribution in [0.3, 0.4) is 0 Å². The minimum Gasteiger partial charge on any atom is -0.346 e. The van der Waals surface area contributed by atoms with E-state index < -0.39 is 12.7 Å². The second kappa shape index (κ2) is 5.05. The SMILES string of the molecule is CCN(CC(F)(F)F)c1nc(Cl)ncc1Cl. The molecule has 3 nitrogen and oxygen atoms in total. The Balaban J connectivity index is 2.99. The van der Waals surface area contributed by atoms with Gasteiger partial charge in [0.1, 0.15) is 11.6 Å². The van der Waals surface area contributed by atoms with Crippen molar-refractivity contribution >= 4 is 29.0 Å². The monoisotopic (exact) mass is 273 g/mol. The van der Waals surface area contributed by atoms with Gasteiger partial charge in [0.15, 0.2) is 5.82 Å². The number of halogens is 5. The van der Waals surface area contributed by atoms with Gasteiger partial charge >= 0.3 is 6.18 Å².